The maximum absolute atomic E-state index is 14.0. The normalized spacial score (nSPS) is 28.7. The molecule has 8 heteroatoms. The molecule has 1 amide bonds. The minimum absolute atomic E-state index is 0.00812. The lowest BCUT2D eigenvalue weighted by atomic mass is 9.64. The van der Waals surface area contributed by atoms with Crippen molar-refractivity contribution in [1.29, 1.82) is 0 Å². The van der Waals surface area contributed by atoms with E-state index in [1.54, 1.807) is 0 Å². The molecule has 1 aromatic heterocycles. The van der Waals surface area contributed by atoms with Crippen molar-refractivity contribution in [3.05, 3.63) is 30.1 Å². The number of alkyl halides is 3. The summed E-state index contributed by atoms with van der Waals surface area (Å²) in [5.74, 6) is -2.24. The highest BCUT2D eigenvalue weighted by atomic mass is 19.4. The Morgan fingerprint density at radius 1 is 1.41 bits per heavy atom. The fourth-order valence-corrected chi connectivity index (χ4v) is 4.03. The number of hydrogen-bond acceptors (Lipinski definition) is 4. The molecule has 1 aliphatic carbocycles. The number of fused-ring (bicyclic) bond motifs is 1. The van der Waals surface area contributed by atoms with E-state index < -0.39 is 23.7 Å². The second-order valence-electron chi connectivity index (χ2n) is 8.04. The lowest BCUT2D eigenvalue weighted by Crippen LogP contribution is -2.62. The van der Waals surface area contributed by atoms with Crippen molar-refractivity contribution < 1.29 is 23.1 Å². The minimum atomic E-state index is -5.03. The number of hydrogen-bond donors (Lipinski definition) is 1. The maximum atomic E-state index is 14.0. The van der Waals surface area contributed by atoms with Gasteiger partial charge in [-0.15, -0.1) is 0 Å². The number of carbonyl (C=O) groups excluding carboxylic acids is 1. The third-order valence-corrected chi connectivity index (χ3v) is 6.24. The van der Waals surface area contributed by atoms with Crippen molar-refractivity contribution in [2.75, 3.05) is 0 Å². The smallest absolute Gasteiger partial charge is 0.362 e. The van der Waals surface area contributed by atoms with Gasteiger partial charge in [0.1, 0.15) is 0 Å². The second kappa shape index (κ2) is 6.58. The highest BCUT2D eigenvalue weighted by Gasteiger charge is 2.69. The molecule has 0 saturated heterocycles. The van der Waals surface area contributed by atoms with Gasteiger partial charge < -0.3 is 5.11 Å². The highest BCUT2D eigenvalue weighted by Crippen LogP contribution is 2.52. The van der Waals surface area contributed by atoms with Gasteiger partial charge in [-0.3, -0.25) is 9.78 Å². The largest absolute Gasteiger partial charge is 0.439 e. The van der Waals surface area contributed by atoms with Gasteiger partial charge in [-0.25, -0.2) is 0 Å². The van der Waals surface area contributed by atoms with Crippen molar-refractivity contribution in [3.63, 3.8) is 0 Å². The van der Waals surface area contributed by atoms with Crippen molar-refractivity contribution >= 4 is 11.6 Å². The summed E-state index contributed by atoms with van der Waals surface area (Å²) >= 11 is 0. The molecule has 0 unspecified atom stereocenters. The van der Waals surface area contributed by atoms with Gasteiger partial charge in [-0.2, -0.15) is 23.3 Å². The summed E-state index contributed by atoms with van der Waals surface area (Å²) in [4.78, 5) is 16.5. The van der Waals surface area contributed by atoms with Gasteiger partial charge in [0, 0.05) is 18.1 Å². The van der Waals surface area contributed by atoms with Crippen LogP contribution in [0, 0.1) is 17.3 Å². The van der Waals surface area contributed by atoms with E-state index in [0.29, 0.717) is 12.8 Å². The van der Waals surface area contributed by atoms with E-state index in [4.69, 9.17) is 0 Å². The Kier molecular flexibility index (Phi) is 4.82. The van der Waals surface area contributed by atoms with Crippen LogP contribution in [0.4, 0.5) is 13.2 Å². The zero-order valence-corrected chi connectivity index (χ0v) is 15.6. The molecule has 2 heterocycles. The van der Waals surface area contributed by atoms with E-state index in [0.717, 1.165) is 6.42 Å². The molecule has 2 aliphatic rings. The Balaban J connectivity index is 2.00. The van der Waals surface area contributed by atoms with Crippen LogP contribution in [0.25, 0.3) is 0 Å². The fourth-order valence-electron chi connectivity index (χ4n) is 4.03. The van der Waals surface area contributed by atoms with Gasteiger partial charge in [-0.05, 0) is 42.7 Å². The van der Waals surface area contributed by atoms with Crippen molar-refractivity contribution in [3.8, 4) is 0 Å². The molecule has 27 heavy (non-hydrogen) atoms. The minimum Gasteiger partial charge on any atom is -0.362 e. The molecule has 1 saturated carbocycles. The molecule has 0 aromatic carbocycles. The summed E-state index contributed by atoms with van der Waals surface area (Å²) in [6.45, 7) is 6.06. The van der Waals surface area contributed by atoms with Gasteiger partial charge in [0.2, 0.25) is 0 Å². The average Bonchev–Trinajstić information content (AvgIpc) is 2.95. The predicted molar refractivity (Wildman–Crippen MR) is 93.7 cm³/mol. The fraction of sp³-hybridized carbons (Fsp3) is 0.632. The van der Waals surface area contributed by atoms with Gasteiger partial charge in [0.05, 0.1) is 11.5 Å². The molecule has 1 fully saturated rings. The Labute approximate surface area is 156 Å². The summed E-state index contributed by atoms with van der Waals surface area (Å²) in [5.41, 5.74) is -3.29. The van der Waals surface area contributed by atoms with Crippen LogP contribution in [0.1, 0.15) is 56.8 Å². The predicted octanol–water partition coefficient (Wildman–Crippen LogP) is 4.00. The van der Waals surface area contributed by atoms with Crippen LogP contribution in [-0.4, -0.2) is 38.6 Å². The highest BCUT2D eigenvalue weighted by molar-refractivity contribution is 5.99. The first-order chi connectivity index (χ1) is 12.5. The van der Waals surface area contributed by atoms with Crippen LogP contribution in [0.15, 0.2) is 29.6 Å². The molecule has 5 nitrogen and oxygen atoms in total. The third-order valence-electron chi connectivity index (χ3n) is 6.24. The van der Waals surface area contributed by atoms with Crippen LogP contribution in [0.5, 0.6) is 0 Å². The lowest BCUT2D eigenvalue weighted by molar-refractivity contribution is -0.314. The van der Waals surface area contributed by atoms with Crippen LogP contribution in [0.2, 0.25) is 0 Å². The van der Waals surface area contributed by atoms with Crippen molar-refractivity contribution in [2.24, 2.45) is 22.4 Å². The first-order valence-corrected chi connectivity index (χ1v) is 9.13. The van der Waals surface area contributed by atoms with Crippen LogP contribution < -0.4 is 0 Å². The zero-order valence-electron chi connectivity index (χ0n) is 15.6. The molecule has 3 atom stereocenters. The standard InChI is InChI=1S/C19H24F3N3O2/c1-4-17(2,3)13-7-8-15-14(10-13)18(27,19(20,21)22)25(24-15)16(26)12-6-5-9-23-11-12/h5-6,9,11,13-14,27H,4,7-8,10H2,1-3H3/t13-,14-,18-/m1/s1. The topological polar surface area (TPSA) is 65.8 Å². The summed E-state index contributed by atoms with van der Waals surface area (Å²) < 4.78 is 42.0. The molecule has 0 radical (unpaired) electrons. The van der Waals surface area contributed by atoms with Gasteiger partial charge in [-0.1, -0.05) is 27.2 Å². The monoisotopic (exact) mass is 383 g/mol. The van der Waals surface area contributed by atoms with Crippen molar-refractivity contribution in [2.45, 2.75) is 58.4 Å². The quantitative estimate of drug-likeness (QED) is 0.858. The molecule has 3 rings (SSSR count). The van der Waals surface area contributed by atoms with Gasteiger partial charge in [0.15, 0.2) is 0 Å². The first kappa shape index (κ1) is 19.8. The van der Waals surface area contributed by atoms with Crippen molar-refractivity contribution in [1.82, 2.24) is 9.99 Å². The van der Waals surface area contributed by atoms with E-state index in [1.807, 2.05) is 20.8 Å². The maximum Gasteiger partial charge on any atom is 0.439 e. The summed E-state index contributed by atoms with van der Waals surface area (Å²) in [7, 11) is 0. The number of aliphatic hydroxyl groups is 1. The molecule has 0 spiro atoms. The Morgan fingerprint density at radius 2 is 2.11 bits per heavy atom. The Hall–Kier alpha value is -1.96. The van der Waals surface area contributed by atoms with Gasteiger partial charge in [0.25, 0.3) is 11.6 Å². The zero-order chi connectivity index (χ0) is 20.0. The van der Waals surface area contributed by atoms with E-state index in [-0.39, 0.29) is 34.0 Å². The second-order valence-corrected chi connectivity index (χ2v) is 8.04. The SMILES string of the molecule is CCC(C)(C)[C@@H]1CCC2=NN(C(=O)c3cccnc3)[C@](O)(C(F)(F)F)[C@@H]2C1. The van der Waals surface area contributed by atoms with E-state index in [1.165, 1.54) is 24.5 Å². The van der Waals surface area contributed by atoms with Crippen LogP contribution >= 0.6 is 0 Å². The number of rotatable bonds is 3. The molecule has 148 valence electrons. The Morgan fingerprint density at radius 3 is 2.67 bits per heavy atom. The van der Waals surface area contributed by atoms with Crippen LogP contribution in [-0.2, 0) is 0 Å². The lowest BCUT2D eigenvalue weighted by Gasteiger charge is -2.43. The van der Waals surface area contributed by atoms with Gasteiger partial charge >= 0.3 is 6.18 Å². The van der Waals surface area contributed by atoms with E-state index >= 15 is 0 Å². The Bertz CT molecular complexity index is 748. The molecule has 1 aromatic rings. The first-order valence-electron chi connectivity index (χ1n) is 9.13. The third kappa shape index (κ3) is 3.13. The number of amides is 1. The molecular formula is C19H24F3N3O2. The summed E-state index contributed by atoms with van der Waals surface area (Å²) in [6.07, 6.45) is -0.442. The summed E-state index contributed by atoms with van der Waals surface area (Å²) in [5, 5.41) is 15.0. The molecule has 1 N–H and O–H groups in total. The van der Waals surface area contributed by atoms with E-state index in [9.17, 15) is 23.1 Å². The number of pyridine rings is 1. The summed E-state index contributed by atoms with van der Waals surface area (Å²) in [6, 6.07) is 2.81. The number of carbonyl (C=O) groups is 1. The number of nitrogens with zero attached hydrogens (tertiary/aromatic N) is 3. The van der Waals surface area contributed by atoms with E-state index in [2.05, 4.69) is 10.1 Å². The number of hydrazone groups is 1. The van der Waals surface area contributed by atoms with Crippen LogP contribution in [0.3, 0.4) is 0 Å². The number of halogens is 3. The molecule has 0 bridgehead atoms. The molecule has 1 aliphatic heterocycles. The number of aromatic nitrogens is 1. The average molecular weight is 383 g/mol. The molecular weight excluding hydrogens is 359 g/mol.